The number of carbonyl (C=O) groups is 1. The number of anilines is 1. The maximum atomic E-state index is 12.9. The second-order valence-corrected chi connectivity index (χ2v) is 5.96. The average Bonchev–Trinajstić information content (AvgIpc) is 2.65. The molecule has 3 aromatic rings. The van der Waals surface area contributed by atoms with Crippen LogP contribution in [0.2, 0.25) is 0 Å². The molecular formula is C22H21NO2. The van der Waals surface area contributed by atoms with Gasteiger partial charge in [0.1, 0.15) is 5.75 Å². The van der Waals surface area contributed by atoms with Crippen molar-refractivity contribution in [2.24, 2.45) is 0 Å². The first-order valence-corrected chi connectivity index (χ1v) is 8.29. The SMILES string of the molecule is Cc1cccc(NC(=O)C(Oc2ccccc2)c2ccccc2)c1C. The van der Waals surface area contributed by atoms with Gasteiger partial charge in [0.25, 0.3) is 5.91 Å². The van der Waals surface area contributed by atoms with Gasteiger partial charge in [-0.1, -0.05) is 60.7 Å². The Morgan fingerprint density at radius 2 is 1.48 bits per heavy atom. The van der Waals surface area contributed by atoms with Crippen LogP contribution in [-0.4, -0.2) is 5.91 Å². The summed E-state index contributed by atoms with van der Waals surface area (Å²) >= 11 is 0. The van der Waals surface area contributed by atoms with Crippen LogP contribution in [0.25, 0.3) is 0 Å². The molecular weight excluding hydrogens is 310 g/mol. The minimum Gasteiger partial charge on any atom is -0.476 e. The first kappa shape index (κ1) is 16.8. The Balaban J connectivity index is 1.88. The molecule has 0 saturated heterocycles. The molecule has 25 heavy (non-hydrogen) atoms. The monoisotopic (exact) mass is 331 g/mol. The highest BCUT2D eigenvalue weighted by Gasteiger charge is 2.23. The molecule has 1 unspecified atom stereocenters. The summed E-state index contributed by atoms with van der Waals surface area (Å²) in [6.45, 7) is 4.03. The summed E-state index contributed by atoms with van der Waals surface area (Å²) in [5, 5.41) is 3.01. The van der Waals surface area contributed by atoms with E-state index in [4.69, 9.17) is 4.74 Å². The Morgan fingerprint density at radius 1 is 0.840 bits per heavy atom. The molecule has 0 aliphatic heterocycles. The summed E-state index contributed by atoms with van der Waals surface area (Å²) < 4.78 is 5.99. The standard InChI is InChI=1S/C22H21NO2/c1-16-10-9-15-20(17(16)2)23-22(24)21(18-11-5-3-6-12-18)25-19-13-7-4-8-14-19/h3-15,21H,1-2H3,(H,23,24). The van der Waals surface area contributed by atoms with Crippen molar-refractivity contribution < 1.29 is 9.53 Å². The van der Waals surface area contributed by atoms with Crippen molar-refractivity contribution in [1.82, 2.24) is 0 Å². The molecule has 0 bridgehead atoms. The maximum absolute atomic E-state index is 12.9. The van der Waals surface area contributed by atoms with E-state index in [1.807, 2.05) is 92.7 Å². The minimum absolute atomic E-state index is 0.191. The summed E-state index contributed by atoms with van der Waals surface area (Å²) in [5.41, 5.74) is 3.82. The zero-order valence-electron chi connectivity index (χ0n) is 14.4. The molecule has 1 N–H and O–H groups in total. The van der Waals surface area contributed by atoms with Crippen molar-refractivity contribution in [3.05, 3.63) is 95.6 Å². The van der Waals surface area contributed by atoms with Gasteiger partial charge in [-0.2, -0.15) is 0 Å². The van der Waals surface area contributed by atoms with Crippen molar-refractivity contribution in [3.8, 4) is 5.75 Å². The van der Waals surface area contributed by atoms with E-state index in [-0.39, 0.29) is 5.91 Å². The number of hydrogen-bond acceptors (Lipinski definition) is 2. The van der Waals surface area contributed by atoms with Gasteiger partial charge in [0.15, 0.2) is 0 Å². The fourth-order valence-electron chi connectivity index (χ4n) is 2.62. The molecule has 0 heterocycles. The number of hydrogen-bond donors (Lipinski definition) is 1. The first-order chi connectivity index (χ1) is 12.1. The summed E-state index contributed by atoms with van der Waals surface area (Å²) in [6, 6.07) is 24.8. The third kappa shape index (κ3) is 4.07. The Labute approximate surface area is 148 Å². The van der Waals surface area contributed by atoms with E-state index in [0.717, 1.165) is 22.4 Å². The average molecular weight is 331 g/mol. The predicted molar refractivity (Wildman–Crippen MR) is 101 cm³/mol. The zero-order chi connectivity index (χ0) is 17.6. The molecule has 1 atom stereocenters. The molecule has 126 valence electrons. The largest absolute Gasteiger partial charge is 0.476 e. The number of para-hydroxylation sites is 1. The van der Waals surface area contributed by atoms with Crippen LogP contribution >= 0.6 is 0 Å². The van der Waals surface area contributed by atoms with Crippen LogP contribution in [0.5, 0.6) is 5.75 Å². The second-order valence-electron chi connectivity index (χ2n) is 5.96. The maximum Gasteiger partial charge on any atom is 0.270 e. The Kier molecular flexibility index (Phi) is 5.14. The van der Waals surface area contributed by atoms with E-state index in [1.54, 1.807) is 0 Å². The van der Waals surface area contributed by atoms with Crippen LogP contribution in [0.3, 0.4) is 0 Å². The molecule has 1 amide bonds. The Morgan fingerprint density at radius 3 is 2.16 bits per heavy atom. The lowest BCUT2D eigenvalue weighted by molar-refractivity contribution is -0.123. The van der Waals surface area contributed by atoms with Gasteiger partial charge >= 0.3 is 0 Å². The molecule has 0 fully saturated rings. The Bertz CT molecular complexity index is 844. The van der Waals surface area contributed by atoms with Crippen molar-refractivity contribution in [3.63, 3.8) is 0 Å². The van der Waals surface area contributed by atoms with Crippen LogP contribution in [0.1, 0.15) is 22.8 Å². The van der Waals surface area contributed by atoms with E-state index in [1.165, 1.54) is 0 Å². The summed E-state index contributed by atoms with van der Waals surface area (Å²) in [7, 11) is 0. The van der Waals surface area contributed by atoms with E-state index < -0.39 is 6.10 Å². The molecule has 3 rings (SSSR count). The number of nitrogens with one attached hydrogen (secondary N) is 1. The summed E-state index contributed by atoms with van der Waals surface area (Å²) in [6.07, 6.45) is -0.719. The third-order valence-corrected chi connectivity index (χ3v) is 4.20. The van der Waals surface area contributed by atoms with E-state index >= 15 is 0 Å². The molecule has 3 heteroatoms. The topological polar surface area (TPSA) is 38.3 Å². The van der Waals surface area contributed by atoms with Gasteiger partial charge in [-0.15, -0.1) is 0 Å². The summed E-state index contributed by atoms with van der Waals surface area (Å²) in [4.78, 5) is 12.9. The van der Waals surface area contributed by atoms with Gasteiger partial charge in [0.2, 0.25) is 6.10 Å². The minimum atomic E-state index is -0.719. The highest BCUT2D eigenvalue weighted by Crippen LogP contribution is 2.25. The van der Waals surface area contributed by atoms with Crippen LogP contribution < -0.4 is 10.1 Å². The summed E-state index contributed by atoms with van der Waals surface area (Å²) in [5.74, 6) is 0.469. The highest BCUT2D eigenvalue weighted by molar-refractivity contribution is 5.95. The molecule has 3 aromatic carbocycles. The predicted octanol–water partition coefficient (Wildman–Crippen LogP) is 5.06. The normalized spacial score (nSPS) is 11.6. The molecule has 0 spiro atoms. The lowest BCUT2D eigenvalue weighted by Crippen LogP contribution is -2.26. The van der Waals surface area contributed by atoms with Crippen LogP contribution in [0.15, 0.2) is 78.9 Å². The van der Waals surface area contributed by atoms with Gasteiger partial charge < -0.3 is 10.1 Å². The number of benzene rings is 3. The van der Waals surface area contributed by atoms with Crippen molar-refractivity contribution in [2.75, 3.05) is 5.32 Å². The first-order valence-electron chi connectivity index (χ1n) is 8.29. The van der Waals surface area contributed by atoms with E-state index in [0.29, 0.717) is 5.75 Å². The van der Waals surface area contributed by atoms with Crippen molar-refractivity contribution in [2.45, 2.75) is 20.0 Å². The molecule has 0 saturated carbocycles. The van der Waals surface area contributed by atoms with Crippen molar-refractivity contribution >= 4 is 11.6 Å². The zero-order valence-corrected chi connectivity index (χ0v) is 14.4. The second kappa shape index (κ2) is 7.67. The van der Waals surface area contributed by atoms with E-state index in [2.05, 4.69) is 5.32 Å². The molecule has 0 aliphatic carbocycles. The van der Waals surface area contributed by atoms with Crippen molar-refractivity contribution in [1.29, 1.82) is 0 Å². The molecule has 0 radical (unpaired) electrons. The van der Waals surface area contributed by atoms with Gasteiger partial charge in [0.05, 0.1) is 0 Å². The third-order valence-electron chi connectivity index (χ3n) is 4.20. The fraction of sp³-hybridized carbons (Fsp3) is 0.136. The quantitative estimate of drug-likeness (QED) is 0.709. The van der Waals surface area contributed by atoms with Crippen LogP contribution in [0, 0.1) is 13.8 Å². The number of ether oxygens (including phenoxy) is 1. The van der Waals surface area contributed by atoms with Gasteiger partial charge in [-0.25, -0.2) is 0 Å². The number of aryl methyl sites for hydroxylation is 1. The Hall–Kier alpha value is -3.07. The molecule has 0 aromatic heterocycles. The lowest BCUT2D eigenvalue weighted by Gasteiger charge is -2.20. The van der Waals surface area contributed by atoms with Gasteiger partial charge in [0, 0.05) is 11.3 Å². The molecule has 3 nitrogen and oxygen atoms in total. The van der Waals surface area contributed by atoms with Gasteiger partial charge in [-0.3, -0.25) is 4.79 Å². The van der Waals surface area contributed by atoms with E-state index in [9.17, 15) is 4.79 Å². The highest BCUT2D eigenvalue weighted by atomic mass is 16.5. The van der Waals surface area contributed by atoms with Crippen LogP contribution in [-0.2, 0) is 4.79 Å². The molecule has 0 aliphatic rings. The smallest absolute Gasteiger partial charge is 0.270 e. The van der Waals surface area contributed by atoms with Gasteiger partial charge in [-0.05, 0) is 43.2 Å². The number of rotatable bonds is 5. The number of amides is 1. The lowest BCUT2D eigenvalue weighted by atomic mass is 10.1. The van der Waals surface area contributed by atoms with Crippen LogP contribution in [0.4, 0.5) is 5.69 Å². The fourth-order valence-corrected chi connectivity index (χ4v) is 2.62. The number of carbonyl (C=O) groups excluding carboxylic acids is 1.